The SMILES string of the molecule is C=CCC(NC(=O)[C@@H]1C[C@@H]2CN1C(=O)[C@H](C1CCCCC1)NC(=O)O[C@@H]1C[C@H]1CCCCCc1c(nc3ccccc3c1O[C@H]1CCN(C)C[C@H]1F)O2)C(=O)NS(=O)(=O)C1(C)CC1. The van der Waals surface area contributed by atoms with Crippen molar-refractivity contribution in [1.29, 1.82) is 0 Å². The van der Waals surface area contributed by atoms with Crippen LogP contribution in [0.2, 0.25) is 0 Å². The van der Waals surface area contributed by atoms with Crippen molar-refractivity contribution in [2.45, 2.75) is 157 Å². The number of benzene rings is 1. The second-order valence-electron chi connectivity index (χ2n) is 19.0. The van der Waals surface area contributed by atoms with E-state index >= 15 is 9.18 Å². The molecule has 4 heterocycles. The summed E-state index contributed by atoms with van der Waals surface area (Å²) in [5.74, 6) is -1.25. The Labute approximate surface area is 369 Å². The molecular weight excluding hydrogens is 832 g/mol. The van der Waals surface area contributed by atoms with Crippen LogP contribution in [0.25, 0.3) is 10.9 Å². The normalized spacial score (nSPS) is 29.9. The third-order valence-electron chi connectivity index (χ3n) is 14.1. The molecule has 8 rings (SSSR count). The Morgan fingerprint density at radius 1 is 1.03 bits per heavy atom. The fraction of sp³-hybridized carbons (Fsp3) is 0.674. The number of likely N-dealkylation sites (tertiary alicyclic amines) is 1. The maximum absolute atomic E-state index is 15.6. The van der Waals surface area contributed by atoms with Crippen molar-refractivity contribution < 1.29 is 46.2 Å². The van der Waals surface area contributed by atoms with Gasteiger partial charge in [0.15, 0.2) is 0 Å². The summed E-state index contributed by atoms with van der Waals surface area (Å²) in [6.07, 6.45) is 7.94. The number of aromatic nitrogens is 1. The number of nitrogens with one attached hydrogen (secondary N) is 3. The number of piperidine rings is 1. The highest BCUT2D eigenvalue weighted by atomic mass is 32.2. The Hall–Kier alpha value is -4.51. The molecule has 63 heavy (non-hydrogen) atoms. The molecule has 1 aromatic carbocycles. The van der Waals surface area contributed by atoms with Crippen LogP contribution in [0.3, 0.4) is 0 Å². The summed E-state index contributed by atoms with van der Waals surface area (Å²) in [6, 6.07) is 4.05. The molecule has 0 radical (unpaired) electrons. The lowest BCUT2D eigenvalue weighted by atomic mass is 9.83. The number of ether oxygens (including phenoxy) is 3. The number of carbonyl (C=O) groups excluding carboxylic acids is 4. The number of rotatable bonds is 10. The molecule has 5 fully saturated rings. The van der Waals surface area contributed by atoms with E-state index in [4.69, 9.17) is 19.2 Å². The molecule has 1 unspecified atom stereocenters. The lowest BCUT2D eigenvalue weighted by Gasteiger charge is -2.34. The van der Waals surface area contributed by atoms with Crippen LogP contribution in [0.4, 0.5) is 9.18 Å². The van der Waals surface area contributed by atoms with Crippen molar-refractivity contribution in [2.24, 2.45) is 11.8 Å². The third kappa shape index (κ3) is 10.2. The number of hydrogen-bond acceptors (Lipinski definition) is 11. The Bertz CT molecular complexity index is 2170. The molecule has 0 spiro atoms. The molecule has 3 saturated carbocycles. The molecule has 2 bridgehead atoms. The van der Waals surface area contributed by atoms with Gasteiger partial charge in [-0.05, 0) is 102 Å². The second-order valence-corrected chi connectivity index (χ2v) is 21.2. The van der Waals surface area contributed by atoms with Crippen LogP contribution in [0.5, 0.6) is 11.6 Å². The van der Waals surface area contributed by atoms with Gasteiger partial charge in [-0.1, -0.05) is 50.3 Å². The predicted molar refractivity (Wildman–Crippen MR) is 233 cm³/mol. The van der Waals surface area contributed by atoms with Gasteiger partial charge < -0.3 is 34.6 Å². The van der Waals surface area contributed by atoms with Crippen LogP contribution in [0.15, 0.2) is 36.9 Å². The standard InChI is InChI=1S/C46H63FN6O9S/c1-4-13-35(41(54)51-63(58,59)46(2)21-22-46)48-42(55)36-25-30-26-53(36)44(56)39(28-14-7-5-8-15-28)50-45(57)62-38-24-29(38)16-9-6-10-18-32-40(61-37-20-23-52(3)27-33(37)47)31-17-11-12-19-34(31)49-43(32)60-30/h4,11-12,17,19,28-30,33,35-39H,1,5-10,13-16,18,20-27H2,2-3H3,(H,48,55)(H,50,57)(H,51,54)/t29-,30-,33-,35?,36+,37+,38-,39+/m1/s1. The number of pyridine rings is 1. The van der Waals surface area contributed by atoms with E-state index < -0.39 is 75.1 Å². The first-order valence-electron chi connectivity index (χ1n) is 23.1. The first-order chi connectivity index (χ1) is 30.2. The van der Waals surface area contributed by atoms with E-state index in [1.54, 1.807) is 6.92 Å². The van der Waals surface area contributed by atoms with Gasteiger partial charge in [-0.2, -0.15) is 0 Å². The number of fused-ring (bicyclic) bond motifs is 5. The Kier molecular flexibility index (Phi) is 13.5. The van der Waals surface area contributed by atoms with E-state index in [1.807, 2.05) is 36.2 Å². The lowest BCUT2D eigenvalue weighted by Crippen LogP contribution is -2.58. The van der Waals surface area contributed by atoms with Crippen molar-refractivity contribution in [3.8, 4) is 11.6 Å². The van der Waals surface area contributed by atoms with Crippen molar-refractivity contribution in [3.05, 3.63) is 42.5 Å². The summed E-state index contributed by atoms with van der Waals surface area (Å²) in [6.45, 7) is 6.16. The van der Waals surface area contributed by atoms with Crippen LogP contribution < -0.4 is 24.8 Å². The van der Waals surface area contributed by atoms with E-state index in [0.717, 1.165) is 56.8 Å². The average Bonchev–Trinajstić information content (AvgIpc) is 4.15. The highest BCUT2D eigenvalue weighted by molar-refractivity contribution is 7.91. The van der Waals surface area contributed by atoms with Gasteiger partial charge in [0.2, 0.25) is 27.7 Å². The molecule has 6 aliphatic rings. The number of alkyl halides is 1. The summed E-state index contributed by atoms with van der Waals surface area (Å²) >= 11 is 0. The smallest absolute Gasteiger partial charge is 0.408 e. The largest absolute Gasteiger partial charge is 0.486 e. The van der Waals surface area contributed by atoms with Gasteiger partial charge in [0.25, 0.3) is 5.91 Å². The summed E-state index contributed by atoms with van der Waals surface area (Å²) in [5, 5.41) is 6.39. The highest BCUT2D eigenvalue weighted by Gasteiger charge is 2.52. The summed E-state index contributed by atoms with van der Waals surface area (Å²) in [4.78, 5) is 65.0. The number of para-hydroxylation sites is 1. The minimum atomic E-state index is -4.02. The third-order valence-corrected chi connectivity index (χ3v) is 16.3. The number of halogens is 1. The predicted octanol–water partition coefficient (Wildman–Crippen LogP) is 5.24. The maximum atomic E-state index is 15.6. The van der Waals surface area contributed by atoms with E-state index in [0.29, 0.717) is 61.9 Å². The minimum Gasteiger partial charge on any atom is -0.486 e. The number of amides is 4. The average molecular weight is 895 g/mol. The molecule has 17 heteroatoms. The first kappa shape index (κ1) is 45.1. The van der Waals surface area contributed by atoms with E-state index in [9.17, 15) is 22.8 Å². The fourth-order valence-electron chi connectivity index (χ4n) is 9.82. The van der Waals surface area contributed by atoms with Gasteiger partial charge in [-0.25, -0.2) is 22.6 Å². The van der Waals surface area contributed by atoms with Crippen LogP contribution in [0, 0.1) is 11.8 Å². The molecule has 1 aromatic heterocycles. The molecule has 3 aliphatic carbocycles. The number of nitrogens with zero attached hydrogens (tertiary/aromatic N) is 3. The topological polar surface area (TPSA) is 186 Å². The Morgan fingerprint density at radius 2 is 1.76 bits per heavy atom. The van der Waals surface area contributed by atoms with Gasteiger partial charge in [0, 0.05) is 24.9 Å². The first-order valence-corrected chi connectivity index (χ1v) is 24.5. The molecule has 2 saturated heterocycles. The van der Waals surface area contributed by atoms with Gasteiger partial charge in [-0.3, -0.25) is 19.1 Å². The highest BCUT2D eigenvalue weighted by Crippen LogP contribution is 2.43. The van der Waals surface area contributed by atoms with Gasteiger partial charge in [-0.15, -0.1) is 6.58 Å². The summed E-state index contributed by atoms with van der Waals surface area (Å²) in [5.41, 5.74) is 1.28. The number of alkyl carbamates (subject to hydrolysis) is 1. The van der Waals surface area contributed by atoms with Crippen molar-refractivity contribution in [1.82, 2.24) is 30.1 Å². The molecule has 3 aliphatic heterocycles. The minimum absolute atomic E-state index is 0.00634. The quantitative estimate of drug-likeness (QED) is 0.265. The number of hydrogen-bond donors (Lipinski definition) is 3. The Morgan fingerprint density at radius 3 is 2.49 bits per heavy atom. The van der Waals surface area contributed by atoms with Crippen LogP contribution in [-0.2, 0) is 35.6 Å². The van der Waals surface area contributed by atoms with Crippen LogP contribution in [0.1, 0.15) is 109 Å². The van der Waals surface area contributed by atoms with E-state index in [2.05, 4.69) is 21.9 Å². The lowest BCUT2D eigenvalue weighted by molar-refractivity contribution is -0.142. The van der Waals surface area contributed by atoms with Crippen molar-refractivity contribution in [3.63, 3.8) is 0 Å². The zero-order valence-corrected chi connectivity index (χ0v) is 37.3. The zero-order valence-electron chi connectivity index (χ0n) is 36.5. The summed E-state index contributed by atoms with van der Waals surface area (Å²) in [7, 11) is -2.13. The maximum Gasteiger partial charge on any atom is 0.408 e. The Balaban J connectivity index is 1.14. The van der Waals surface area contributed by atoms with Crippen molar-refractivity contribution >= 4 is 44.7 Å². The molecule has 2 aromatic rings. The molecule has 4 amide bonds. The molecule has 344 valence electrons. The zero-order chi connectivity index (χ0) is 44.5. The van der Waals surface area contributed by atoms with Gasteiger partial charge in [0.1, 0.15) is 48.4 Å². The van der Waals surface area contributed by atoms with Crippen LogP contribution >= 0.6 is 0 Å². The van der Waals surface area contributed by atoms with E-state index in [-0.39, 0.29) is 49.8 Å². The molecule has 8 atom stereocenters. The molecular formula is C46H63FN6O9S. The fourth-order valence-corrected chi connectivity index (χ4v) is 11.1. The van der Waals surface area contributed by atoms with Crippen LogP contribution in [-0.4, -0.2) is 121 Å². The molecule has 15 nitrogen and oxygen atoms in total. The number of carbonyl (C=O) groups is 4. The second kappa shape index (κ2) is 18.9. The van der Waals surface area contributed by atoms with Gasteiger partial charge in [0.05, 0.1) is 22.4 Å². The summed E-state index contributed by atoms with van der Waals surface area (Å²) < 4.78 is 62.2. The van der Waals surface area contributed by atoms with Crippen molar-refractivity contribution in [2.75, 3.05) is 26.7 Å². The van der Waals surface area contributed by atoms with Gasteiger partial charge >= 0.3 is 6.09 Å². The molecule has 3 N–H and O–H groups in total. The number of sulfonamides is 1. The van der Waals surface area contributed by atoms with E-state index in [1.165, 1.54) is 11.0 Å². The monoisotopic (exact) mass is 894 g/mol.